The molecule has 2 heterocycles. The summed E-state index contributed by atoms with van der Waals surface area (Å²) < 4.78 is 5.24. The number of rotatable bonds is 35. The molecule has 79 heavy (non-hydrogen) atoms. The van der Waals surface area contributed by atoms with E-state index in [0.29, 0.717) is 44.8 Å². The Labute approximate surface area is 469 Å². The fraction of sp³-hybridized carbons (Fsp3) is 0.768. The lowest BCUT2D eigenvalue weighted by Crippen LogP contribution is -2.65. The highest BCUT2D eigenvalue weighted by atomic mass is 16.3. The van der Waals surface area contributed by atoms with Gasteiger partial charge in [0.05, 0.1) is 0 Å². The molecule has 1 aromatic heterocycles. The number of aromatic nitrogens is 1. The van der Waals surface area contributed by atoms with Crippen molar-refractivity contribution >= 4 is 59.1 Å². The second-order valence-electron chi connectivity index (χ2n) is 23.8. The van der Waals surface area contributed by atoms with Crippen molar-refractivity contribution in [1.82, 2.24) is 63.1 Å². The normalized spacial score (nSPS) is 15.4. The van der Waals surface area contributed by atoms with Gasteiger partial charge in [-0.25, -0.2) is 4.98 Å². The summed E-state index contributed by atoms with van der Waals surface area (Å²) in [6.07, 6.45) is 8.57. The number of amides is 10. The van der Waals surface area contributed by atoms with Crippen molar-refractivity contribution in [2.45, 2.75) is 227 Å². The van der Waals surface area contributed by atoms with Crippen LogP contribution in [-0.2, 0) is 43.2 Å². The number of unbranched alkanes of at least 4 members (excludes halogenated alkanes) is 5. The molecule has 5 atom stereocenters. The van der Waals surface area contributed by atoms with E-state index in [-0.39, 0.29) is 68.0 Å². The molecule has 0 aliphatic carbocycles. The summed E-state index contributed by atoms with van der Waals surface area (Å²) in [5.41, 5.74) is -4.58. The maximum Gasteiger partial charge on any atom is 0.276 e. The van der Waals surface area contributed by atoms with Crippen LogP contribution in [0.15, 0.2) is 10.7 Å². The van der Waals surface area contributed by atoms with Gasteiger partial charge in [-0.1, -0.05) is 87.0 Å². The van der Waals surface area contributed by atoms with Gasteiger partial charge in [-0.15, -0.1) is 0 Å². The highest BCUT2D eigenvalue weighted by Gasteiger charge is 2.41. The quantitative estimate of drug-likeness (QED) is 0.0438. The van der Waals surface area contributed by atoms with E-state index in [1.165, 1.54) is 52.7 Å². The molecule has 448 valence electrons. The Morgan fingerprint density at radius 2 is 1.11 bits per heavy atom. The number of carbonyl (C=O) groups excluding carboxylic acids is 10. The number of hydrogen-bond acceptors (Lipinski definition) is 13. The molecule has 4 unspecified atom stereocenters. The first-order valence-electron chi connectivity index (χ1n) is 28.5. The van der Waals surface area contributed by atoms with E-state index in [0.717, 1.165) is 32.1 Å². The molecule has 10 N–H and O–H groups in total. The van der Waals surface area contributed by atoms with Crippen LogP contribution >= 0.6 is 0 Å². The standard InChI is InChI=1S/C56H98N12O11/c1-16-17-18-19-20-21-23-38(61-49(74)43-24-22-29-68(43)50(75)42-33-79-37(8)60-42)45(70)62-40(31-35(4)5)47(72)65-55(11,12)52(77)64-39(30-34(2)3)46(71)63-41(32-36(6)7)48(73)66-56(13,14)53(78)67-54(9,10)51(76)59-26-25-44(69)58-28-27-57-15/h33-36,38-41,43,57H,16-32H2,1-15H3,(H,58,69)(H,59,76)(H,61,74)(H,62,70)(H,63,71)(H,64,77)(H,65,72)(H,66,73)(H,67,78)/t38?,39?,40?,41?,43-/m0/s1. The number of likely N-dealkylation sites (N-methyl/N-ethyl adjacent to an activating group) is 1. The first-order valence-corrected chi connectivity index (χ1v) is 28.5. The molecule has 23 heteroatoms. The molecule has 0 spiro atoms. The van der Waals surface area contributed by atoms with E-state index >= 15 is 0 Å². The van der Waals surface area contributed by atoms with Gasteiger partial charge in [0.25, 0.3) is 5.91 Å². The molecule has 1 fully saturated rings. The van der Waals surface area contributed by atoms with Gasteiger partial charge in [0.15, 0.2) is 11.6 Å². The smallest absolute Gasteiger partial charge is 0.276 e. The zero-order valence-electron chi connectivity index (χ0n) is 50.1. The highest BCUT2D eigenvalue weighted by Crippen LogP contribution is 2.22. The van der Waals surface area contributed by atoms with E-state index in [1.54, 1.807) is 14.0 Å². The molecular formula is C56H98N12O11. The van der Waals surface area contributed by atoms with E-state index in [2.05, 4.69) is 65.1 Å². The van der Waals surface area contributed by atoms with Crippen molar-refractivity contribution in [2.75, 3.05) is 33.2 Å². The maximum absolute atomic E-state index is 14.3. The zero-order valence-corrected chi connectivity index (χ0v) is 50.1. The molecule has 1 saturated heterocycles. The third-order valence-corrected chi connectivity index (χ3v) is 13.5. The van der Waals surface area contributed by atoms with Crippen molar-refractivity contribution in [2.24, 2.45) is 17.8 Å². The van der Waals surface area contributed by atoms with Crippen LogP contribution in [0.4, 0.5) is 0 Å². The molecule has 1 aliphatic rings. The Kier molecular flexibility index (Phi) is 28.7. The van der Waals surface area contributed by atoms with Crippen LogP contribution in [0.5, 0.6) is 0 Å². The largest absolute Gasteiger partial charge is 0.448 e. The van der Waals surface area contributed by atoms with Gasteiger partial charge in [-0.2, -0.15) is 0 Å². The second kappa shape index (κ2) is 32.8. The van der Waals surface area contributed by atoms with Crippen molar-refractivity contribution < 1.29 is 52.4 Å². The predicted octanol–water partition coefficient (Wildman–Crippen LogP) is 2.94. The van der Waals surface area contributed by atoms with Crippen molar-refractivity contribution in [3.05, 3.63) is 17.8 Å². The topological polar surface area (TPSA) is 320 Å². The molecule has 0 aromatic carbocycles. The van der Waals surface area contributed by atoms with E-state index in [9.17, 15) is 47.9 Å². The molecule has 2 rings (SSSR count). The van der Waals surface area contributed by atoms with Crippen LogP contribution in [0.25, 0.3) is 0 Å². The average Bonchev–Trinajstić information content (AvgIpc) is 4.05. The SMILES string of the molecule is CCCCCCCCC(NC(=O)[C@@H]1CCCN1C(=O)c1coc(C)n1)C(=O)NC(CC(C)C)C(=O)NC(C)(C)C(=O)NC(CC(C)C)C(=O)NC(CC(C)C)C(=O)NC(C)(C)C(=O)NC(C)(C)C(=O)NCCC(=O)NCCNC. The van der Waals surface area contributed by atoms with Crippen LogP contribution in [0.3, 0.4) is 0 Å². The summed E-state index contributed by atoms with van der Waals surface area (Å²) in [6, 6.07) is -5.36. The Hall–Kier alpha value is -6.13. The van der Waals surface area contributed by atoms with Crippen molar-refractivity contribution in [3.8, 4) is 0 Å². The lowest BCUT2D eigenvalue weighted by Gasteiger charge is -2.34. The zero-order chi connectivity index (χ0) is 59.8. The van der Waals surface area contributed by atoms with Gasteiger partial charge in [-0.3, -0.25) is 47.9 Å². The highest BCUT2D eigenvalue weighted by molar-refractivity contribution is 6.00. The minimum absolute atomic E-state index is 0.0326. The first-order chi connectivity index (χ1) is 36.8. The molecule has 23 nitrogen and oxygen atoms in total. The van der Waals surface area contributed by atoms with Crippen molar-refractivity contribution in [3.63, 3.8) is 0 Å². The number of oxazole rings is 1. The third kappa shape index (κ3) is 24.0. The minimum Gasteiger partial charge on any atom is -0.448 e. The van der Waals surface area contributed by atoms with Gasteiger partial charge >= 0.3 is 0 Å². The van der Waals surface area contributed by atoms with Gasteiger partial charge < -0.3 is 62.5 Å². The summed E-state index contributed by atoms with van der Waals surface area (Å²) in [5.74, 6) is -5.80. The van der Waals surface area contributed by atoms with Crippen LogP contribution in [0.1, 0.15) is 190 Å². The maximum atomic E-state index is 14.3. The summed E-state index contributed by atoms with van der Waals surface area (Å²) in [4.78, 5) is 143. The summed E-state index contributed by atoms with van der Waals surface area (Å²) in [5, 5.41) is 27.8. The fourth-order valence-corrected chi connectivity index (χ4v) is 8.88. The monoisotopic (exact) mass is 1110 g/mol. The Bertz CT molecular complexity index is 2210. The number of likely N-dealkylation sites (tertiary alicyclic amines) is 1. The second-order valence-corrected chi connectivity index (χ2v) is 23.8. The predicted molar refractivity (Wildman–Crippen MR) is 301 cm³/mol. The molecular weight excluding hydrogens is 1020 g/mol. The number of carbonyl (C=O) groups is 10. The molecule has 10 amide bonds. The summed E-state index contributed by atoms with van der Waals surface area (Å²) >= 11 is 0. The van der Waals surface area contributed by atoms with Gasteiger partial charge in [0.1, 0.15) is 53.1 Å². The van der Waals surface area contributed by atoms with E-state index < -0.39 is 100.0 Å². The number of aryl methyl sites for hydroxylation is 1. The van der Waals surface area contributed by atoms with Gasteiger partial charge in [0.2, 0.25) is 53.2 Å². The lowest BCUT2D eigenvalue weighted by molar-refractivity contribution is -0.139. The van der Waals surface area contributed by atoms with Crippen LogP contribution in [-0.4, -0.2) is 149 Å². The fourth-order valence-electron chi connectivity index (χ4n) is 8.88. The van der Waals surface area contributed by atoms with Crippen LogP contribution in [0, 0.1) is 24.7 Å². The summed E-state index contributed by atoms with van der Waals surface area (Å²) in [7, 11) is 1.76. The average molecular weight is 1120 g/mol. The molecule has 0 saturated carbocycles. The van der Waals surface area contributed by atoms with E-state index in [1.807, 2.05) is 41.5 Å². The number of nitrogens with one attached hydrogen (secondary N) is 10. The number of nitrogens with zero attached hydrogens (tertiary/aromatic N) is 2. The van der Waals surface area contributed by atoms with Gasteiger partial charge in [-0.05, 0) is 105 Å². The Morgan fingerprint density at radius 3 is 1.63 bits per heavy atom. The molecule has 0 bridgehead atoms. The Balaban J connectivity index is 2.25. The van der Waals surface area contributed by atoms with Crippen LogP contribution in [0.2, 0.25) is 0 Å². The Morgan fingerprint density at radius 1 is 0.608 bits per heavy atom. The molecule has 1 aliphatic heterocycles. The summed E-state index contributed by atoms with van der Waals surface area (Å²) in [6.45, 7) is 25.1. The van der Waals surface area contributed by atoms with Crippen LogP contribution < -0.4 is 53.2 Å². The number of hydrogen-bond donors (Lipinski definition) is 10. The van der Waals surface area contributed by atoms with E-state index in [4.69, 9.17) is 4.42 Å². The lowest BCUT2D eigenvalue weighted by atomic mass is 9.96. The third-order valence-electron chi connectivity index (χ3n) is 13.5. The minimum atomic E-state index is -1.64. The first kappa shape index (κ1) is 69.0. The molecule has 0 radical (unpaired) electrons. The van der Waals surface area contributed by atoms with Gasteiger partial charge in [0, 0.05) is 39.5 Å². The molecule has 1 aromatic rings. The van der Waals surface area contributed by atoms with Crippen molar-refractivity contribution in [1.29, 1.82) is 0 Å².